The summed E-state index contributed by atoms with van der Waals surface area (Å²) in [4.78, 5) is 12.9. The van der Waals surface area contributed by atoms with Crippen molar-refractivity contribution < 1.29 is 9.90 Å². The molecule has 0 radical (unpaired) electrons. The molecule has 0 spiro atoms. The summed E-state index contributed by atoms with van der Waals surface area (Å²) in [5.74, 6) is 2.63. The van der Waals surface area contributed by atoms with Crippen LogP contribution in [0.4, 0.5) is 0 Å². The number of aliphatic hydroxyl groups excluding tert-OH is 1. The lowest BCUT2D eigenvalue weighted by molar-refractivity contribution is -0.0503. The smallest absolute Gasteiger partial charge is 0.252 e. The summed E-state index contributed by atoms with van der Waals surface area (Å²) in [7, 11) is 0. The summed E-state index contributed by atoms with van der Waals surface area (Å²) in [6.45, 7) is 3.84. The number of carbonyl (C=O) groups is 1. The first-order valence-electron chi connectivity index (χ1n) is 11.2. The maximum Gasteiger partial charge on any atom is 0.252 e. The Morgan fingerprint density at radius 3 is 2.23 bits per heavy atom. The van der Waals surface area contributed by atoms with E-state index in [0.29, 0.717) is 29.1 Å². The molecule has 4 aliphatic carbocycles. The van der Waals surface area contributed by atoms with Gasteiger partial charge in [-0.15, -0.1) is 24.8 Å². The number of aliphatic hydroxyl groups is 1. The third kappa shape index (κ3) is 6.72. The number of benzene rings is 1. The topological polar surface area (TPSA) is 73.4 Å². The first-order valence-corrected chi connectivity index (χ1v) is 11.5. The number of hydrogen-bond acceptors (Lipinski definition) is 4. The molecule has 0 aromatic heterocycles. The predicted octanol–water partition coefficient (Wildman–Crippen LogP) is 3.80. The molecule has 5 rings (SSSR count). The lowest BCUT2D eigenvalue weighted by atomic mass is 9.49. The van der Waals surface area contributed by atoms with Gasteiger partial charge in [0.1, 0.15) is 0 Å². The molecule has 4 bridgehead atoms. The van der Waals surface area contributed by atoms with Crippen LogP contribution in [0.25, 0.3) is 0 Å². The maximum atomic E-state index is 12.9. The Hall–Kier alpha value is -0.560. The minimum absolute atomic E-state index is 0. The summed E-state index contributed by atoms with van der Waals surface area (Å²) in [5, 5.41) is 19.0. The average Bonchev–Trinajstić information content (AvgIpc) is 2.69. The van der Waals surface area contributed by atoms with Crippen molar-refractivity contribution in [1.29, 1.82) is 0 Å². The van der Waals surface area contributed by atoms with Gasteiger partial charge in [-0.25, -0.2) is 0 Å². The van der Waals surface area contributed by atoms with Crippen LogP contribution in [-0.2, 0) is 6.54 Å². The molecule has 0 atom stereocenters. The Morgan fingerprint density at radius 1 is 1.00 bits per heavy atom. The van der Waals surface area contributed by atoms with Crippen molar-refractivity contribution in [2.45, 2.75) is 45.1 Å². The fourth-order valence-electron chi connectivity index (χ4n) is 6.34. The van der Waals surface area contributed by atoms with Crippen LogP contribution in [0.15, 0.2) is 18.2 Å². The van der Waals surface area contributed by atoms with E-state index in [9.17, 15) is 4.79 Å². The van der Waals surface area contributed by atoms with Gasteiger partial charge in [-0.1, -0.05) is 17.7 Å². The van der Waals surface area contributed by atoms with Crippen LogP contribution in [0.5, 0.6) is 0 Å². The van der Waals surface area contributed by atoms with E-state index >= 15 is 0 Å². The summed E-state index contributed by atoms with van der Waals surface area (Å²) in [5.41, 5.74) is 1.96. The Kier molecular flexibility index (Phi) is 10.4. The molecule has 176 valence electrons. The summed E-state index contributed by atoms with van der Waals surface area (Å²) in [6, 6.07) is 5.69. The van der Waals surface area contributed by atoms with E-state index in [2.05, 4.69) is 16.0 Å². The van der Waals surface area contributed by atoms with E-state index in [-0.39, 0.29) is 37.3 Å². The average molecular weight is 493 g/mol. The molecule has 0 unspecified atom stereocenters. The molecule has 5 nitrogen and oxygen atoms in total. The number of hydrogen-bond donors (Lipinski definition) is 4. The zero-order chi connectivity index (χ0) is 20.3. The van der Waals surface area contributed by atoms with Gasteiger partial charge in [0.15, 0.2) is 0 Å². The molecule has 1 aromatic carbocycles. The maximum absolute atomic E-state index is 12.9. The quantitative estimate of drug-likeness (QED) is 0.375. The second-order valence-corrected chi connectivity index (χ2v) is 9.97. The van der Waals surface area contributed by atoms with Gasteiger partial charge in [0.25, 0.3) is 5.91 Å². The zero-order valence-electron chi connectivity index (χ0n) is 18.0. The van der Waals surface area contributed by atoms with Crippen molar-refractivity contribution in [3.8, 4) is 0 Å². The van der Waals surface area contributed by atoms with Crippen LogP contribution in [0.3, 0.4) is 0 Å². The van der Waals surface area contributed by atoms with E-state index in [0.717, 1.165) is 43.0 Å². The van der Waals surface area contributed by atoms with Gasteiger partial charge >= 0.3 is 0 Å². The monoisotopic (exact) mass is 491 g/mol. The highest BCUT2D eigenvalue weighted by molar-refractivity contribution is 6.33. The van der Waals surface area contributed by atoms with Crippen molar-refractivity contribution in [3.63, 3.8) is 0 Å². The number of halogens is 3. The lowest BCUT2D eigenvalue weighted by Gasteiger charge is -2.56. The fourth-order valence-corrected chi connectivity index (χ4v) is 6.54. The van der Waals surface area contributed by atoms with Crippen molar-refractivity contribution in [1.82, 2.24) is 16.0 Å². The minimum atomic E-state index is -0.0443. The molecule has 0 aliphatic heterocycles. The van der Waals surface area contributed by atoms with Crippen molar-refractivity contribution in [2.75, 3.05) is 32.8 Å². The highest BCUT2D eigenvalue weighted by Crippen LogP contribution is 2.59. The van der Waals surface area contributed by atoms with E-state index in [1.165, 1.54) is 38.5 Å². The molecule has 31 heavy (non-hydrogen) atoms. The Balaban J connectivity index is 0.00000171. The SMILES string of the molecule is Cl.Cl.O=C(NCC12CC3CC(CC(C3)C1)C2)c1cc(CNCCNCCO)ccc1Cl. The van der Waals surface area contributed by atoms with Crippen LogP contribution in [-0.4, -0.2) is 43.8 Å². The van der Waals surface area contributed by atoms with Crippen molar-refractivity contribution in [2.24, 2.45) is 23.2 Å². The molecular formula is C23H36Cl3N3O2. The van der Waals surface area contributed by atoms with Crippen LogP contribution in [0.1, 0.15) is 54.4 Å². The third-order valence-electron chi connectivity index (χ3n) is 7.16. The summed E-state index contributed by atoms with van der Waals surface area (Å²) in [6.07, 6.45) is 8.14. The largest absolute Gasteiger partial charge is 0.395 e. The van der Waals surface area contributed by atoms with Gasteiger partial charge in [-0.05, 0) is 79.4 Å². The summed E-state index contributed by atoms with van der Waals surface area (Å²) >= 11 is 6.35. The number of carbonyl (C=O) groups excluding carboxylic acids is 1. The third-order valence-corrected chi connectivity index (χ3v) is 7.49. The van der Waals surface area contributed by atoms with Crippen molar-refractivity contribution >= 4 is 42.3 Å². The first kappa shape index (κ1) is 26.7. The van der Waals surface area contributed by atoms with Crippen LogP contribution < -0.4 is 16.0 Å². The van der Waals surface area contributed by atoms with Crippen LogP contribution in [0.2, 0.25) is 5.02 Å². The van der Waals surface area contributed by atoms with Gasteiger partial charge in [-0.2, -0.15) is 0 Å². The molecular weight excluding hydrogens is 457 g/mol. The van der Waals surface area contributed by atoms with E-state index in [1.807, 2.05) is 18.2 Å². The van der Waals surface area contributed by atoms with Crippen LogP contribution in [0, 0.1) is 23.2 Å². The highest BCUT2D eigenvalue weighted by atomic mass is 35.5. The first-order chi connectivity index (χ1) is 14.1. The number of rotatable bonds is 10. The molecule has 0 heterocycles. The molecule has 0 saturated heterocycles. The molecule has 4 fully saturated rings. The normalized spacial score (nSPS) is 28.0. The van der Waals surface area contributed by atoms with E-state index < -0.39 is 0 Å². The molecule has 4 N–H and O–H groups in total. The van der Waals surface area contributed by atoms with Gasteiger partial charge in [0.2, 0.25) is 0 Å². The lowest BCUT2D eigenvalue weighted by Crippen LogP contribution is -2.51. The number of nitrogens with one attached hydrogen (secondary N) is 3. The van der Waals surface area contributed by atoms with Crippen LogP contribution >= 0.6 is 36.4 Å². The Bertz CT molecular complexity index is 697. The van der Waals surface area contributed by atoms with Gasteiger partial charge in [0.05, 0.1) is 17.2 Å². The highest BCUT2D eigenvalue weighted by Gasteiger charge is 2.50. The Morgan fingerprint density at radius 2 is 1.61 bits per heavy atom. The predicted molar refractivity (Wildman–Crippen MR) is 131 cm³/mol. The fraction of sp³-hybridized carbons (Fsp3) is 0.696. The van der Waals surface area contributed by atoms with E-state index in [1.54, 1.807) is 0 Å². The van der Waals surface area contributed by atoms with Gasteiger partial charge in [-0.3, -0.25) is 4.79 Å². The second-order valence-electron chi connectivity index (χ2n) is 9.56. The minimum Gasteiger partial charge on any atom is -0.395 e. The molecule has 4 saturated carbocycles. The van der Waals surface area contributed by atoms with Crippen molar-refractivity contribution in [3.05, 3.63) is 34.3 Å². The molecule has 4 aliphatic rings. The second kappa shape index (κ2) is 12.1. The standard InChI is InChI=1S/C23H34ClN3O2.2ClH/c24-21-2-1-16(14-26-4-3-25-5-6-28)10-20(21)22(29)27-15-23-11-17-7-18(12-23)9-19(8-17)13-23;;/h1-2,10,17-19,25-26,28H,3-9,11-15H2,(H,27,29);2*1H. The molecule has 8 heteroatoms. The summed E-state index contributed by atoms with van der Waals surface area (Å²) < 4.78 is 0. The molecule has 1 amide bonds. The van der Waals surface area contributed by atoms with Gasteiger partial charge < -0.3 is 21.1 Å². The van der Waals surface area contributed by atoms with Gasteiger partial charge in [0, 0.05) is 32.7 Å². The Labute approximate surface area is 203 Å². The van der Waals surface area contributed by atoms with E-state index in [4.69, 9.17) is 16.7 Å². The molecule has 1 aromatic rings. The number of amides is 1. The zero-order valence-corrected chi connectivity index (χ0v) is 20.4.